The Morgan fingerprint density at radius 3 is 2.30 bits per heavy atom. The monoisotopic (exact) mass is 394 g/mol. The highest BCUT2D eigenvalue weighted by Crippen LogP contribution is 2.42. The number of phenolic OH excluding ortho intramolecular Hbond substituents is 2. The van der Waals surface area contributed by atoms with Crippen molar-refractivity contribution in [3.05, 3.63) is 57.5 Å². The Bertz CT molecular complexity index is 903. The van der Waals surface area contributed by atoms with Crippen LogP contribution in [0.1, 0.15) is 15.9 Å². The minimum atomic E-state index is -1.05. The van der Waals surface area contributed by atoms with Crippen LogP contribution in [0.5, 0.6) is 11.5 Å². The zero-order valence-corrected chi connectivity index (χ0v) is 15.2. The van der Waals surface area contributed by atoms with Gasteiger partial charge < -0.3 is 15.1 Å². The van der Waals surface area contributed by atoms with E-state index in [1.165, 1.54) is 11.9 Å². The van der Waals surface area contributed by atoms with Crippen LogP contribution in [0.4, 0.5) is 10.5 Å². The normalized spacial score (nSPS) is 10.3. The van der Waals surface area contributed by atoms with Crippen LogP contribution >= 0.6 is 11.6 Å². The van der Waals surface area contributed by atoms with Crippen molar-refractivity contribution >= 4 is 29.2 Å². The van der Waals surface area contributed by atoms with Gasteiger partial charge in [-0.25, -0.2) is 10.0 Å². The molecule has 0 aliphatic heterocycles. The Balaban J connectivity index is 2.33. The lowest BCUT2D eigenvalue weighted by Gasteiger charge is -2.24. The Labute approximate surface area is 159 Å². The second kappa shape index (κ2) is 7.92. The number of carbonyl (C=O) groups is 2. The summed E-state index contributed by atoms with van der Waals surface area (Å²) < 4.78 is 0. The number of rotatable bonds is 4. The molecule has 0 aliphatic carbocycles. The third-order valence-electron chi connectivity index (χ3n) is 3.79. The number of imide groups is 1. The first kappa shape index (κ1) is 20.0. The van der Waals surface area contributed by atoms with Crippen molar-refractivity contribution in [2.75, 3.05) is 14.1 Å². The molecule has 10 heteroatoms. The molecule has 3 amide bonds. The molecule has 0 aromatic heterocycles. The van der Waals surface area contributed by atoms with Crippen molar-refractivity contribution in [3.63, 3.8) is 0 Å². The maximum atomic E-state index is 12.7. The van der Waals surface area contributed by atoms with Crippen molar-refractivity contribution in [1.82, 2.24) is 9.80 Å². The SMILES string of the molecule is CN(Cc1ccccc1)C(=O)N(C)C(=O)c1c(Cl)cc(O)c(O)c1[N+](=O)O. The second-order valence-corrected chi connectivity index (χ2v) is 6.12. The van der Waals surface area contributed by atoms with Gasteiger partial charge in [0.2, 0.25) is 5.75 Å². The third-order valence-corrected chi connectivity index (χ3v) is 4.09. The maximum absolute atomic E-state index is 12.7. The molecular formula is C17H17ClN3O6+. The summed E-state index contributed by atoms with van der Waals surface area (Å²) in [6.45, 7) is 0.215. The Hall–Kier alpha value is -3.33. The molecule has 0 aliphatic rings. The standard InChI is InChI=1S/C17H16ClN3O6/c1-19(9-10-6-4-3-5-7-10)17(25)20(2)16(24)13-11(18)8-12(22)15(23)14(13)21(26)27/h3-8H,9H2,1-2H3,(H2-,22,23,24,26,27)/p+1. The van der Waals surface area contributed by atoms with Gasteiger partial charge in [-0.2, -0.15) is 0 Å². The lowest BCUT2D eigenvalue weighted by atomic mass is 10.1. The molecule has 27 heavy (non-hydrogen) atoms. The molecule has 0 radical (unpaired) electrons. The third kappa shape index (κ3) is 4.09. The summed E-state index contributed by atoms with van der Waals surface area (Å²) in [6, 6.07) is 9.15. The van der Waals surface area contributed by atoms with Crippen LogP contribution in [-0.2, 0) is 6.54 Å². The molecule has 0 heterocycles. The number of carbonyl (C=O) groups excluding carboxylic acids is 2. The Kier molecular flexibility index (Phi) is 5.86. The van der Waals surface area contributed by atoms with Crippen LogP contribution in [0, 0.1) is 4.91 Å². The van der Waals surface area contributed by atoms with Gasteiger partial charge in [-0.05, 0) is 5.56 Å². The number of phenols is 2. The maximum Gasteiger partial charge on any atom is 0.375 e. The van der Waals surface area contributed by atoms with E-state index in [1.807, 2.05) is 6.07 Å². The first-order valence-corrected chi connectivity index (χ1v) is 8.00. The zero-order chi connectivity index (χ0) is 20.3. The Morgan fingerprint density at radius 2 is 1.74 bits per heavy atom. The summed E-state index contributed by atoms with van der Waals surface area (Å²) >= 11 is 5.88. The van der Waals surface area contributed by atoms with E-state index in [0.29, 0.717) is 4.90 Å². The number of hydrogen-bond donors (Lipinski definition) is 3. The first-order chi connectivity index (χ1) is 12.6. The summed E-state index contributed by atoms with van der Waals surface area (Å²) in [6.07, 6.45) is 0. The number of urea groups is 1. The van der Waals surface area contributed by atoms with E-state index in [0.717, 1.165) is 18.7 Å². The largest absolute Gasteiger partial charge is 0.504 e. The van der Waals surface area contributed by atoms with E-state index >= 15 is 0 Å². The summed E-state index contributed by atoms with van der Waals surface area (Å²) in [5, 5.41) is 28.1. The van der Waals surface area contributed by atoms with Crippen LogP contribution in [0.2, 0.25) is 5.02 Å². The Morgan fingerprint density at radius 1 is 1.15 bits per heavy atom. The van der Waals surface area contributed by atoms with Gasteiger partial charge in [0.05, 0.1) is 9.93 Å². The van der Waals surface area contributed by atoms with Gasteiger partial charge in [-0.1, -0.05) is 41.9 Å². The highest BCUT2D eigenvalue weighted by molar-refractivity contribution is 6.35. The average Bonchev–Trinajstić information content (AvgIpc) is 2.63. The van der Waals surface area contributed by atoms with Crippen molar-refractivity contribution in [2.24, 2.45) is 0 Å². The smallest absolute Gasteiger partial charge is 0.375 e. The molecule has 0 saturated carbocycles. The van der Waals surface area contributed by atoms with Gasteiger partial charge in [0.1, 0.15) is 5.56 Å². The number of amides is 3. The number of nitrogens with zero attached hydrogens (tertiary/aromatic N) is 3. The molecule has 0 unspecified atom stereocenters. The predicted octanol–water partition coefficient (Wildman–Crippen LogP) is 2.87. The summed E-state index contributed by atoms with van der Waals surface area (Å²) in [4.78, 5) is 37.7. The van der Waals surface area contributed by atoms with E-state index in [-0.39, 0.29) is 6.54 Å². The molecule has 0 saturated heterocycles. The summed E-state index contributed by atoms with van der Waals surface area (Å²) in [7, 11) is 2.63. The van der Waals surface area contributed by atoms with Gasteiger partial charge in [0.15, 0.2) is 5.75 Å². The second-order valence-electron chi connectivity index (χ2n) is 5.71. The number of benzene rings is 2. The molecule has 2 aromatic rings. The van der Waals surface area contributed by atoms with Gasteiger partial charge in [0, 0.05) is 26.7 Å². The molecule has 9 nitrogen and oxygen atoms in total. The fraction of sp³-hybridized carbons (Fsp3) is 0.176. The topological polar surface area (TPSA) is 121 Å². The molecule has 0 spiro atoms. The van der Waals surface area contributed by atoms with Crippen LogP contribution in [-0.4, -0.2) is 56.2 Å². The molecule has 0 fully saturated rings. The fourth-order valence-electron chi connectivity index (χ4n) is 2.44. The van der Waals surface area contributed by atoms with Crippen LogP contribution in [0.15, 0.2) is 36.4 Å². The van der Waals surface area contributed by atoms with Crippen molar-refractivity contribution < 1.29 is 29.9 Å². The highest BCUT2D eigenvalue weighted by Gasteiger charge is 2.37. The van der Waals surface area contributed by atoms with Gasteiger partial charge >= 0.3 is 11.7 Å². The van der Waals surface area contributed by atoms with Crippen LogP contribution in [0.25, 0.3) is 0 Å². The minimum absolute atomic E-state index is 0.215. The number of aromatic hydroxyl groups is 2. The van der Waals surface area contributed by atoms with Crippen LogP contribution < -0.4 is 0 Å². The first-order valence-electron chi connectivity index (χ1n) is 7.62. The van der Waals surface area contributed by atoms with Crippen LogP contribution in [0.3, 0.4) is 0 Å². The zero-order valence-electron chi connectivity index (χ0n) is 14.5. The van der Waals surface area contributed by atoms with Crippen molar-refractivity contribution in [2.45, 2.75) is 6.54 Å². The molecule has 3 N–H and O–H groups in total. The molecule has 2 aromatic carbocycles. The molecular weight excluding hydrogens is 378 g/mol. The van der Waals surface area contributed by atoms with Crippen molar-refractivity contribution in [1.29, 1.82) is 0 Å². The van der Waals surface area contributed by atoms with E-state index in [4.69, 9.17) is 11.6 Å². The van der Waals surface area contributed by atoms with E-state index in [1.54, 1.807) is 24.3 Å². The van der Waals surface area contributed by atoms with Gasteiger partial charge in [-0.3, -0.25) is 9.69 Å². The predicted molar refractivity (Wildman–Crippen MR) is 95.3 cm³/mol. The average molecular weight is 395 g/mol. The number of halogens is 1. The molecule has 2 rings (SSSR count). The van der Waals surface area contributed by atoms with E-state index < -0.39 is 44.6 Å². The fourth-order valence-corrected chi connectivity index (χ4v) is 2.71. The van der Waals surface area contributed by atoms with E-state index in [9.17, 15) is 29.9 Å². The number of hydrogen-bond acceptors (Lipinski definition) is 5. The van der Waals surface area contributed by atoms with Crippen molar-refractivity contribution in [3.8, 4) is 11.5 Å². The summed E-state index contributed by atoms with van der Waals surface area (Å²) in [5.74, 6) is -2.90. The molecule has 0 bridgehead atoms. The van der Waals surface area contributed by atoms with Gasteiger partial charge in [0.25, 0.3) is 10.8 Å². The highest BCUT2D eigenvalue weighted by atomic mass is 35.5. The summed E-state index contributed by atoms with van der Waals surface area (Å²) in [5.41, 5.74) is -0.764. The lowest BCUT2D eigenvalue weighted by Crippen LogP contribution is -2.42. The lowest BCUT2D eigenvalue weighted by molar-refractivity contribution is -0.730. The van der Waals surface area contributed by atoms with Gasteiger partial charge in [-0.15, -0.1) is 0 Å². The quantitative estimate of drug-likeness (QED) is 0.541. The molecule has 142 valence electrons. The molecule has 0 atom stereocenters. The minimum Gasteiger partial charge on any atom is -0.504 e. The van der Waals surface area contributed by atoms with E-state index in [2.05, 4.69) is 0 Å².